The molecule has 162 valence electrons. The van der Waals surface area contributed by atoms with Crippen LogP contribution in [-0.4, -0.2) is 49.1 Å². The zero-order valence-electron chi connectivity index (χ0n) is 18.2. The third-order valence-corrected chi connectivity index (χ3v) is 11.1. The Morgan fingerprint density at radius 1 is 1.21 bits per heavy atom. The highest BCUT2D eigenvalue weighted by Gasteiger charge is 2.44. The Labute approximate surface area is 184 Å². The van der Waals surface area contributed by atoms with Crippen LogP contribution in [0.4, 0.5) is 4.79 Å². The van der Waals surface area contributed by atoms with E-state index in [1.807, 2.05) is 30.3 Å². The average Bonchev–Trinajstić information content (AvgIpc) is 2.67. The van der Waals surface area contributed by atoms with E-state index in [0.717, 1.165) is 18.4 Å². The lowest BCUT2D eigenvalue weighted by Gasteiger charge is -2.46. The minimum absolute atomic E-state index is 0.0626. The second-order valence-electron chi connectivity index (χ2n) is 9.24. The van der Waals surface area contributed by atoms with E-state index in [0.29, 0.717) is 6.54 Å². The van der Waals surface area contributed by atoms with Crippen molar-refractivity contribution in [3.8, 4) is 0 Å². The van der Waals surface area contributed by atoms with E-state index in [-0.39, 0.29) is 47.4 Å². The molecule has 5 nitrogen and oxygen atoms in total. The number of benzene rings is 1. The first-order chi connectivity index (χ1) is 13.5. The predicted molar refractivity (Wildman–Crippen MR) is 122 cm³/mol. The van der Waals surface area contributed by atoms with Gasteiger partial charge in [-0.3, -0.25) is 4.79 Å². The molecule has 0 radical (unpaired) electrons. The quantitative estimate of drug-likeness (QED) is 0.377. The number of rotatable bonds is 7. The number of hydrogen-bond donors (Lipinski definition) is 0. The first-order valence-corrected chi connectivity index (χ1v) is 14.3. The molecule has 1 aromatic rings. The average molecular weight is 485 g/mol. The summed E-state index contributed by atoms with van der Waals surface area (Å²) < 4.78 is 12.2. The largest absolute Gasteiger partial charge is 0.445 e. The number of carbonyl (C=O) groups is 2. The maximum absolute atomic E-state index is 12.9. The molecule has 0 bridgehead atoms. The predicted octanol–water partition coefficient (Wildman–Crippen LogP) is 5.53. The minimum atomic E-state index is -2.03. The van der Waals surface area contributed by atoms with Gasteiger partial charge in [-0.2, -0.15) is 0 Å². The Balaban J connectivity index is 2.15. The fraction of sp³-hybridized carbons (Fsp3) is 0.636. The molecule has 2 rings (SSSR count). The van der Waals surface area contributed by atoms with Gasteiger partial charge in [0.25, 0.3) is 0 Å². The molecule has 0 spiro atoms. The zero-order chi connectivity index (χ0) is 21.7. The fourth-order valence-electron chi connectivity index (χ4n) is 3.27. The summed E-state index contributed by atoms with van der Waals surface area (Å²) in [6, 6.07) is 9.35. The Kier molecular flexibility index (Phi) is 8.49. The Morgan fingerprint density at radius 3 is 2.45 bits per heavy atom. The van der Waals surface area contributed by atoms with E-state index in [4.69, 9.17) is 9.16 Å². The summed E-state index contributed by atoms with van der Waals surface area (Å²) >= 11 is 3.26. The van der Waals surface area contributed by atoms with Crippen LogP contribution < -0.4 is 0 Å². The fourth-order valence-corrected chi connectivity index (χ4v) is 4.89. The van der Waals surface area contributed by atoms with Gasteiger partial charge >= 0.3 is 6.09 Å². The molecule has 0 saturated carbocycles. The first-order valence-electron chi connectivity index (χ1n) is 10.3. The standard InChI is InChI=1S/C22H34BrNO4Si/c1-22(2,3)29(4,5)28-20-12-9-13-24(19(20)14-18(25)15-23)21(26)27-16-17-10-7-6-8-11-17/h6-8,10-11,19-20H,9,12-16H2,1-5H3/t19-,20+/m1/s1. The van der Waals surface area contributed by atoms with Crippen LogP contribution in [0.5, 0.6) is 0 Å². The van der Waals surface area contributed by atoms with E-state index in [9.17, 15) is 9.59 Å². The van der Waals surface area contributed by atoms with Crippen molar-refractivity contribution in [2.45, 2.75) is 76.9 Å². The number of hydrogen-bond acceptors (Lipinski definition) is 4. The van der Waals surface area contributed by atoms with Gasteiger partial charge in [-0.1, -0.05) is 67.0 Å². The monoisotopic (exact) mass is 483 g/mol. The lowest BCUT2D eigenvalue weighted by atomic mass is 9.95. The molecule has 1 aliphatic heterocycles. The van der Waals surface area contributed by atoms with Gasteiger partial charge in [-0.05, 0) is 36.5 Å². The summed E-state index contributed by atoms with van der Waals surface area (Å²) in [5, 5.41) is 0.344. The van der Waals surface area contributed by atoms with Crippen LogP contribution in [0.1, 0.15) is 45.6 Å². The summed E-state index contributed by atoms with van der Waals surface area (Å²) in [7, 11) is -2.03. The second kappa shape index (κ2) is 10.2. The molecule has 1 aliphatic rings. The van der Waals surface area contributed by atoms with Gasteiger partial charge in [0.15, 0.2) is 8.32 Å². The summed E-state index contributed by atoms with van der Waals surface area (Å²) in [5.41, 5.74) is 0.944. The van der Waals surface area contributed by atoms with Gasteiger partial charge in [-0.15, -0.1) is 0 Å². The molecule has 0 aromatic heterocycles. The van der Waals surface area contributed by atoms with Crippen molar-refractivity contribution in [1.29, 1.82) is 0 Å². The van der Waals surface area contributed by atoms with Gasteiger partial charge < -0.3 is 14.1 Å². The third kappa shape index (κ3) is 6.66. The molecule has 1 amide bonds. The molecular weight excluding hydrogens is 450 g/mol. The molecule has 0 unspecified atom stereocenters. The van der Waals surface area contributed by atoms with Gasteiger partial charge in [-0.25, -0.2) is 4.79 Å². The number of nitrogens with zero attached hydrogens (tertiary/aromatic N) is 1. The van der Waals surface area contributed by atoms with Crippen molar-refractivity contribution in [3.63, 3.8) is 0 Å². The molecule has 7 heteroatoms. The van der Waals surface area contributed by atoms with Crippen molar-refractivity contribution in [2.75, 3.05) is 11.9 Å². The topological polar surface area (TPSA) is 55.8 Å². The number of alkyl halides is 1. The van der Waals surface area contributed by atoms with E-state index < -0.39 is 8.32 Å². The SMILES string of the molecule is CC(C)(C)[Si](C)(C)O[C@H]1CCCN(C(=O)OCc2ccccc2)[C@@H]1CC(=O)CBr. The molecule has 2 atom stereocenters. The third-order valence-electron chi connectivity index (χ3n) is 5.99. The van der Waals surface area contributed by atoms with Crippen molar-refractivity contribution in [2.24, 2.45) is 0 Å². The van der Waals surface area contributed by atoms with Crippen LogP contribution in [0, 0.1) is 0 Å². The lowest BCUT2D eigenvalue weighted by Crippen LogP contribution is -2.56. The summed E-state index contributed by atoms with van der Waals surface area (Å²) in [6.07, 6.45) is 1.47. The molecule has 1 aromatic carbocycles. The molecule has 1 fully saturated rings. The Morgan fingerprint density at radius 2 is 1.86 bits per heavy atom. The van der Waals surface area contributed by atoms with E-state index in [2.05, 4.69) is 49.8 Å². The van der Waals surface area contributed by atoms with Crippen LogP contribution in [0.15, 0.2) is 30.3 Å². The molecule has 0 N–H and O–H groups in total. The van der Waals surface area contributed by atoms with Crippen LogP contribution in [0.25, 0.3) is 0 Å². The Bertz CT molecular complexity index is 690. The number of Topliss-reactive ketones (excluding diaryl/α,β-unsaturated/α-hetero) is 1. The highest BCUT2D eigenvalue weighted by atomic mass is 79.9. The molecule has 29 heavy (non-hydrogen) atoms. The lowest BCUT2D eigenvalue weighted by molar-refractivity contribution is -0.119. The summed E-state index contributed by atoms with van der Waals surface area (Å²) in [6.45, 7) is 11.8. The van der Waals surface area contributed by atoms with Crippen molar-refractivity contribution < 1.29 is 18.8 Å². The summed E-state index contributed by atoms with van der Waals surface area (Å²) in [4.78, 5) is 26.9. The zero-order valence-corrected chi connectivity index (χ0v) is 20.8. The molecule has 0 aliphatic carbocycles. The molecule has 1 heterocycles. The van der Waals surface area contributed by atoms with E-state index in [1.165, 1.54) is 0 Å². The van der Waals surface area contributed by atoms with Crippen molar-refractivity contribution in [1.82, 2.24) is 4.90 Å². The smallest absolute Gasteiger partial charge is 0.410 e. The van der Waals surface area contributed by atoms with Crippen molar-refractivity contribution >= 4 is 36.1 Å². The molecular formula is C22H34BrNO4Si. The van der Waals surface area contributed by atoms with Crippen LogP contribution in [0.2, 0.25) is 18.1 Å². The number of likely N-dealkylation sites (tertiary alicyclic amines) is 1. The number of amides is 1. The van der Waals surface area contributed by atoms with Gasteiger partial charge in [0, 0.05) is 13.0 Å². The van der Waals surface area contributed by atoms with Gasteiger partial charge in [0.1, 0.15) is 12.4 Å². The Hall–Kier alpha value is -1.18. The van der Waals surface area contributed by atoms with Crippen LogP contribution >= 0.6 is 15.9 Å². The number of ether oxygens (including phenoxy) is 1. The number of halogens is 1. The highest BCUT2D eigenvalue weighted by molar-refractivity contribution is 9.09. The van der Waals surface area contributed by atoms with Crippen molar-refractivity contribution in [3.05, 3.63) is 35.9 Å². The summed E-state index contributed by atoms with van der Waals surface area (Å²) in [5.74, 6) is 0.0709. The second-order valence-corrected chi connectivity index (χ2v) is 14.6. The number of ketones is 1. The number of piperidine rings is 1. The number of carbonyl (C=O) groups excluding carboxylic acids is 2. The molecule has 1 saturated heterocycles. The first kappa shape index (κ1) is 24.1. The van der Waals surface area contributed by atoms with Crippen LogP contribution in [0.3, 0.4) is 0 Å². The van der Waals surface area contributed by atoms with E-state index >= 15 is 0 Å². The normalized spacial score (nSPS) is 20.4. The minimum Gasteiger partial charge on any atom is -0.445 e. The maximum Gasteiger partial charge on any atom is 0.410 e. The van der Waals surface area contributed by atoms with Crippen LogP contribution in [-0.2, 0) is 20.6 Å². The highest BCUT2D eigenvalue weighted by Crippen LogP contribution is 2.39. The van der Waals surface area contributed by atoms with E-state index in [1.54, 1.807) is 4.90 Å². The van der Waals surface area contributed by atoms with Gasteiger partial charge in [0.2, 0.25) is 0 Å². The van der Waals surface area contributed by atoms with Gasteiger partial charge in [0.05, 0.1) is 17.5 Å². The maximum atomic E-state index is 12.9.